The Morgan fingerprint density at radius 1 is 1.07 bits per heavy atom. The third kappa shape index (κ3) is 7.97. The highest BCUT2D eigenvalue weighted by Crippen LogP contribution is 2.40. The molecule has 1 aromatic heterocycles. The molecule has 2 aromatic carbocycles. The summed E-state index contributed by atoms with van der Waals surface area (Å²) >= 11 is 1.45. The fourth-order valence-electron chi connectivity index (χ4n) is 4.51. The molecular formula is C32H37N3O6S. The first-order valence-corrected chi connectivity index (χ1v) is 15.1. The molecule has 42 heavy (non-hydrogen) atoms. The smallest absolute Gasteiger partial charge is 0.341 e. The normalized spacial score (nSPS) is 15.0. The zero-order chi connectivity index (χ0) is 30.1. The van der Waals surface area contributed by atoms with Crippen LogP contribution in [0, 0.1) is 5.92 Å². The number of ether oxygens (including phenoxy) is 3. The van der Waals surface area contributed by atoms with Crippen molar-refractivity contribution >= 4 is 40.3 Å². The molecule has 9 nitrogen and oxygen atoms in total. The number of hydrogen-bond acceptors (Lipinski definition) is 8. The predicted molar refractivity (Wildman–Crippen MR) is 164 cm³/mol. The Kier molecular flexibility index (Phi) is 10.7. The maximum Gasteiger partial charge on any atom is 0.341 e. The lowest BCUT2D eigenvalue weighted by atomic mass is 9.88. The fraction of sp³-hybridized carbons (Fsp3) is 0.375. The highest BCUT2D eigenvalue weighted by molar-refractivity contribution is 7.17. The van der Waals surface area contributed by atoms with Crippen molar-refractivity contribution in [3.8, 4) is 11.5 Å². The second-order valence-corrected chi connectivity index (χ2v) is 11.3. The zero-order valence-corrected chi connectivity index (χ0v) is 25.2. The SMILES string of the molecule is CCCOc1ccc(/C=N\NC(=O)[C@@H](C)Oc2ccc(C(=O)Nc3sc4c(c3C(=O)OCC)CC[C@H](C)C4)cc2)cc1. The molecule has 0 fully saturated rings. The van der Waals surface area contributed by atoms with Crippen LogP contribution in [0.5, 0.6) is 11.5 Å². The number of nitrogens with one attached hydrogen (secondary N) is 2. The van der Waals surface area contributed by atoms with Crippen LogP contribution in [0.25, 0.3) is 0 Å². The first kappa shape index (κ1) is 30.8. The van der Waals surface area contributed by atoms with Gasteiger partial charge in [0.25, 0.3) is 11.8 Å². The number of thiophene rings is 1. The van der Waals surface area contributed by atoms with Crippen LogP contribution in [0.2, 0.25) is 0 Å². The molecule has 1 heterocycles. The molecule has 222 valence electrons. The number of hydrazone groups is 1. The minimum absolute atomic E-state index is 0.264. The van der Waals surface area contributed by atoms with E-state index in [1.807, 2.05) is 31.2 Å². The molecule has 3 aromatic rings. The number of hydrogen-bond donors (Lipinski definition) is 2. The van der Waals surface area contributed by atoms with E-state index < -0.39 is 18.0 Å². The average molecular weight is 592 g/mol. The largest absolute Gasteiger partial charge is 0.494 e. The number of esters is 1. The molecule has 1 aliphatic rings. The molecule has 0 bridgehead atoms. The van der Waals surface area contributed by atoms with Gasteiger partial charge in [0.1, 0.15) is 16.5 Å². The summed E-state index contributed by atoms with van der Waals surface area (Å²) < 4.78 is 16.6. The highest BCUT2D eigenvalue weighted by Gasteiger charge is 2.29. The fourth-order valence-corrected chi connectivity index (χ4v) is 5.90. The summed E-state index contributed by atoms with van der Waals surface area (Å²) in [4.78, 5) is 39.4. The third-order valence-corrected chi connectivity index (χ3v) is 7.93. The van der Waals surface area contributed by atoms with Crippen molar-refractivity contribution in [1.29, 1.82) is 0 Å². The summed E-state index contributed by atoms with van der Waals surface area (Å²) in [6, 6.07) is 13.9. The van der Waals surface area contributed by atoms with E-state index in [0.717, 1.165) is 47.4 Å². The Bertz CT molecular complexity index is 1420. The Morgan fingerprint density at radius 2 is 1.79 bits per heavy atom. The van der Waals surface area contributed by atoms with E-state index in [0.29, 0.717) is 34.4 Å². The van der Waals surface area contributed by atoms with Crippen molar-refractivity contribution in [2.45, 2.75) is 59.5 Å². The molecule has 2 atom stereocenters. The number of carbonyl (C=O) groups is 3. The van der Waals surface area contributed by atoms with Gasteiger partial charge in [-0.25, -0.2) is 10.2 Å². The number of benzene rings is 2. The quantitative estimate of drug-likeness (QED) is 0.151. The lowest BCUT2D eigenvalue weighted by Gasteiger charge is -2.18. The van der Waals surface area contributed by atoms with Gasteiger partial charge in [-0.2, -0.15) is 5.10 Å². The maximum absolute atomic E-state index is 13.1. The van der Waals surface area contributed by atoms with Crippen LogP contribution in [-0.4, -0.2) is 43.3 Å². The zero-order valence-electron chi connectivity index (χ0n) is 24.4. The molecule has 1 aliphatic carbocycles. The lowest BCUT2D eigenvalue weighted by Crippen LogP contribution is -2.33. The van der Waals surface area contributed by atoms with Crippen LogP contribution in [0.3, 0.4) is 0 Å². The average Bonchev–Trinajstić information content (AvgIpc) is 3.33. The number of anilines is 1. The molecule has 4 rings (SSSR count). The summed E-state index contributed by atoms with van der Waals surface area (Å²) in [5.74, 6) is 0.567. The molecule has 0 saturated heterocycles. The van der Waals surface area contributed by atoms with Crippen LogP contribution in [0.4, 0.5) is 5.00 Å². The van der Waals surface area contributed by atoms with Gasteiger partial charge < -0.3 is 19.5 Å². The highest BCUT2D eigenvalue weighted by atomic mass is 32.1. The van der Waals surface area contributed by atoms with Crippen LogP contribution in [0.1, 0.15) is 77.3 Å². The Balaban J connectivity index is 1.33. The minimum atomic E-state index is -0.821. The van der Waals surface area contributed by atoms with E-state index in [-0.39, 0.29) is 12.5 Å². The van der Waals surface area contributed by atoms with Gasteiger partial charge in [-0.3, -0.25) is 9.59 Å². The first-order chi connectivity index (χ1) is 20.3. The number of fused-ring (bicyclic) bond motifs is 1. The van der Waals surface area contributed by atoms with Crippen molar-refractivity contribution in [2.24, 2.45) is 11.0 Å². The van der Waals surface area contributed by atoms with Gasteiger partial charge in [-0.1, -0.05) is 13.8 Å². The summed E-state index contributed by atoms with van der Waals surface area (Å²) in [5, 5.41) is 7.44. The number of amides is 2. The topological polar surface area (TPSA) is 115 Å². The van der Waals surface area contributed by atoms with E-state index in [1.54, 1.807) is 44.3 Å². The summed E-state index contributed by atoms with van der Waals surface area (Å²) in [7, 11) is 0. The Hall–Kier alpha value is -4.18. The predicted octanol–water partition coefficient (Wildman–Crippen LogP) is 6.01. The summed E-state index contributed by atoms with van der Waals surface area (Å²) in [6.07, 6.45) is 4.33. The molecule has 0 aliphatic heterocycles. The minimum Gasteiger partial charge on any atom is -0.494 e. The van der Waals surface area contributed by atoms with Crippen LogP contribution >= 0.6 is 11.3 Å². The Labute approximate surface area is 250 Å². The summed E-state index contributed by atoms with van der Waals surface area (Å²) in [6.45, 7) is 8.54. The van der Waals surface area contributed by atoms with E-state index in [1.165, 1.54) is 11.3 Å². The van der Waals surface area contributed by atoms with Gasteiger partial charge in [-0.05, 0) is 105 Å². The van der Waals surface area contributed by atoms with E-state index >= 15 is 0 Å². The number of rotatable bonds is 12. The third-order valence-electron chi connectivity index (χ3n) is 6.76. The van der Waals surface area contributed by atoms with E-state index in [2.05, 4.69) is 22.8 Å². The van der Waals surface area contributed by atoms with Gasteiger partial charge in [0.2, 0.25) is 0 Å². The van der Waals surface area contributed by atoms with E-state index in [4.69, 9.17) is 14.2 Å². The number of carbonyl (C=O) groups excluding carboxylic acids is 3. The van der Waals surface area contributed by atoms with E-state index in [9.17, 15) is 14.4 Å². The van der Waals surface area contributed by atoms with Gasteiger partial charge >= 0.3 is 5.97 Å². The standard InChI is InChI=1S/C32H37N3O6S/c1-5-17-40-24-12-8-22(9-13-24)19-33-35-29(36)21(4)41-25-14-10-23(11-15-25)30(37)34-31-28(32(38)39-6-2)26-16-7-20(3)18-27(26)42-31/h8-15,19-21H,5-7,16-18H2,1-4H3,(H,34,37)(H,35,36)/b33-19-/t20-,21+/m0/s1. The van der Waals surface area contributed by atoms with Gasteiger partial charge in [0.15, 0.2) is 6.10 Å². The van der Waals surface area contributed by atoms with Crippen LogP contribution in [-0.2, 0) is 22.4 Å². The molecule has 10 heteroatoms. The Morgan fingerprint density at radius 3 is 2.48 bits per heavy atom. The molecule has 0 spiro atoms. The van der Waals surface area contributed by atoms with Crippen LogP contribution < -0.4 is 20.2 Å². The molecular weight excluding hydrogens is 554 g/mol. The van der Waals surface area contributed by atoms with Crippen molar-refractivity contribution in [2.75, 3.05) is 18.5 Å². The maximum atomic E-state index is 13.1. The number of nitrogens with zero attached hydrogens (tertiary/aromatic N) is 1. The second kappa shape index (κ2) is 14.6. The molecule has 0 radical (unpaired) electrons. The lowest BCUT2D eigenvalue weighted by molar-refractivity contribution is -0.127. The first-order valence-electron chi connectivity index (χ1n) is 14.2. The molecule has 0 unspecified atom stereocenters. The van der Waals surface area contributed by atoms with Gasteiger partial charge in [-0.15, -0.1) is 11.3 Å². The van der Waals surface area contributed by atoms with Gasteiger partial charge in [0, 0.05) is 10.4 Å². The summed E-state index contributed by atoms with van der Waals surface area (Å²) in [5.41, 5.74) is 5.14. The second-order valence-electron chi connectivity index (χ2n) is 10.2. The van der Waals surface area contributed by atoms with Crippen molar-refractivity contribution in [3.63, 3.8) is 0 Å². The molecule has 0 saturated carbocycles. The molecule has 2 amide bonds. The monoisotopic (exact) mass is 591 g/mol. The van der Waals surface area contributed by atoms with Crippen LogP contribution in [0.15, 0.2) is 53.6 Å². The van der Waals surface area contributed by atoms with Crippen molar-refractivity contribution in [3.05, 3.63) is 75.7 Å². The van der Waals surface area contributed by atoms with Gasteiger partial charge in [0.05, 0.1) is 25.0 Å². The van der Waals surface area contributed by atoms with Crippen molar-refractivity contribution in [1.82, 2.24) is 5.43 Å². The molecule has 2 N–H and O–H groups in total. The van der Waals surface area contributed by atoms with Crippen molar-refractivity contribution < 1.29 is 28.6 Å².